The minimum absolute atomic E-state index is 0.0427. The first-order valence-corrected chi connectivity index (χ1v) is 4.83. The zero-order chi connectivity index (χ0) is 12.0. The second-order valence-corrected chi connectivity index (χ2v) is 3.32. The number of hydrogen-bond donors (Lipinski definition) is 2. The second kappa shape index (κ2) is 5.75. The zero-order valence-corrected chi connectivity index (χ0v) is 8.84. The molecule has 5 heteroatoms. The van der Waals surface area contributed by atoms with Gasteiger partial charge in [-0.3, -0.25) is 4.79 Å². The number of carbonyl (C=O) groups excluding carboxylic acids is 1. The molecule has 1 aromatic rings. The summed E-state index contributed by atoms with van der Waals surface area (Å²) in [6, 6.07) is 8.56. The van der Waals surface area contributed by atoms with Crippen molar-refractivity contribution in [3.8, 4) is 5.75 Å². The third-order valence-electron chi connectivity index (χ3n) is 1.93. The molecule has 0 spiro atoms. The number of carboxylic acid groups (broad SMARTS) is 1. The number of rotatable bonds is 4. The first kappa shape index (κ1) is 12.0. The Bertz CT molecular complexity index is 364. The molecule has 0 aliphatic carbocycles. The average molecular weight is 223 g/mol. The molecule has 5 nitrogen and oxygen atoms in total. The predicted octanol–water partition coefficient (Wildman–Crippen LogP) is 1.50. The van der Waals surface area contributed by atoms with E-state index in [1.54, 1.807) is 30.3 Å². The van der Waals surface area contributed by atoms with Gasteiger partial charge in [0.25, 0.3) is 0 Å². The second-order valence-electron chi connectivity index (χ2n) is 3.32. The number of carboxylic acids is 1. The molecule has 0 radical (unpaired) electrons. The fourth-order valence-electron chi connectivity index (χ4n) is 0.955. The van der Waals surface area contributed by atoms with Gasteiger partial charge in [-0.15, -0.1) is 0 Å². The van der Waals surface area contributed by atoms with Gasteiger partial charge >= 0.3 is 12.1 Å². The van der Waals surface area contributed by atoms with Crippen molar-refractivity contribution in [2.45, 2.75) is 6.92 Å². The van der Waals surface area contributed by atoms with Gasteiger partial charge in [-0.05, 0) is 12.1 Å². The van der Waals surface area contributed by atoms with Crippen molar-refractivity contribution in [3.63, 3.8) is 0 Å². The van der Waals surface area contributed by atoms with E-state index in [4.69, 9.17) is 9.84 Å². The summed E-state index contributed by atoms with van der Waals surface area (Å²) in [5.74, 6) is -1.17. The monoisotopic (exact) mass is 223 g/mol. The van der Waals surface area contributed by atoms with Crippen molar-refractivity contribution in [3.05, 3.63) is 30.3 Å². The number of aliphatic carboxylic acids is 1. The Balaban J connectivity index is 2.35. The van der Waals surface area contributed by atoms with Gasteiger partial charge in [-0.1, -0.05) is 25.1 Å². The summed E-state index contributed by atoms with van der Waals surface area (Å²) in [5, 5.41) is 11.0. The molecular weight excluding hydrogens is 210 g/mol. The zero-order valence-electron chi connectivity index (χ0n) is 8.84. The maximum absolute atomic E-state index is 11.2. The number of ether oxygens (including phenoxy) is 1. The molecule has 0 aliphatic heterocycles. The Morgan fingerprint density at radius 1 is 1.38 bits per heavy atom. The van der Waals surface area contributed by atoms with Gasteiger partial charge in [0.05, 0.1) is 5.92 Å². The number of para-hydroxylation sites is 1. The van der Waals surface area contributed by atoms with Crippen LogP contribution in [0.5, 0.6) is 5.75 Å². The van der Waals surface area contributed by atoms with Crippen LogP contribution in [0.2, 0.25) is 0 Å². The third kappa shape index (κ3) is 4.00. The SMILES string of the molecule is CC(CNC(=O)Oc1ccccc1)C(=O)O. The highest BCUT2D eigenvalue weighted by Crippen LogP contribution is 2.08. The van der Waals surface area contributed by atoms with Gasteiger partial charge in [0.1, 0.15) is 5.75 Å². The number of nitrogens with one attached hydrogen (secondary N) is 1. The van der Waals surface area contributed by atoms with Crippen LogP contribution < -0.4 is 10.1 Å². The lowest BCUT2D eigenvalue weighted by Gasteiger charge is -2.08. The summed E-state index contributed by atoms with van der Waals surface area (Å²) in [4.78, 5) is 21.7. The van der Waals surface area contributed by atoms with E-state index < -0.39 is 18.0 Å². The average Bonchev–Trinajstić information content (AvgIpc) is 2.27. The molecular formula is C11H13NO4. The van der Waals surface area contributed by atoms with E-state index >= 15 is 0 Å². The molecule has 0 heterocycles. The number of amides is 1. The maximum atomic E-state index is 11.2. The van der Waals surface area contributed by atoms with Crippen molar-refractivity contribution in [2.24, 2.45) is 5.92 Å². The third-order valence-corrected chi connectivity index (χ3v) is 1.93. The van der Waals surface area contributed by atoms with Crippen LogP contribution in [-0.2, 0) is 4.79 Å². The lowest BCUT2D eigenvalue weighted by molar-refractivity contribution is -0.140. The number of hydrogen-bond acceptors (Lipinski definition) is 3. The maximum Gasteiger partial charge on any atom is 0.412 e. The van der Waals surface area contributed by atoms with Crippen molar-refractivity contribution < 1.29 is 19.4 Å². The van der Waals surface area contributed by atoms with Crippen LogP contribution in [0.4, 0.5) is 4.79 Å². The molecule has 0 saturated carbocycles. The minimum atomic E-state index is -0.958. The van der Waals surface area contributed by atoms with E-state index in [2.05, 4.69) is 5.32 Å². The van der Waals surface area contributed by atoms with Crippen molar-refractivity contribution in [1.82, 2.24) is 5.32 Å². The van der Waals surface area contributed by atoms with E-state index in [-0.39, 0.29) is 6.54 Å². The molecule has 1 rings (SSSR count). The topological polar surface area (TPSA) is 75.6 Å². The smallest absolute Gasteiger partial charge is 0.412 e. The van der Waals surface area contributed by atoms with Gasteiger partial charge in [0.2, 0.25) is 0 Å². The molecule has 0 aliphatic rings. The Labute approximate surface area is 93.0 Å². The number of carbonyl (C=O) groups is 2. The molecule has 1 unspecified atom stereocenters. The summed E-state index contributed by atoms with van der Waals surface area (Å²) < 4.78 is 4.90. The Morgan fingerprint density at radius 3 is 2.56 bits per heavy atom. The van der Waals surface area contributed by atoms with Crippen LogP contribution in [0.15, 0.2) is 30.3 Å². The first-order chi connectivity index (χ1) is 7.59. The van der Waals surface area contributed by atoms with Gasteiger partial charge in [0.15, 0.2) is 0 Å². The quantitative estimate of drug-likeness (QED) is 0.810. The minimum Gasteiger partial charge on any atom is -0.481 e. The molecule has 0 bridgehead atoms. The molecule has 0 aromatic heterocycles. The van der Waals surface area contributed by atoms with E-state index in [0.717, 1.165) is 0 Å². The molecule has 1 atom stereocenters. The van der Waals surface area contributed by atoms with Crippen LogP contribution in [0, 0.1) is 5.92 Å². The lowest BCUT2D eigenvalue weighted by atomic mass is 10.2. The summed E-state index contributed by atoms with van der Waals surface area (Å²) >= 11 is 0. The van der Waals surface area contributed by atoms with Gasteiger partial charge in [-0.25, -0.2) is 4.79 Å². The Kier molecular flexibility index (Phi) is 4.32. The van der Waals surface area contributed by atoms with Crippen molar-refractivity contribution in [1.29, 1.82) is 0 Å². The highest BCUT2D eigenvalue weighted by Gasteiger charge is 2.12. The van der Waals surface area contributed by atoms with E-state index in [0.29, 0.717) is 5.75 Å². The fraction of sp³-hybridized carbons (Fsp3) is 0.273. The van der Waals surface area contributed by atoms with Gasteiger partial charge in [-0.2, -0.15) is 0 Å². The molecule has 16 heavy (non-hydrogen) atoms. The van der Waals surface area contributed by atoms with Crippen LogP contribution in [0.1, 0.15) is 6.92 Å². The molecule has 1 amide bonds. The standard InChI is InChI=1S/C11H13NO4/c1-8(10(13)14)7-12-11(15)16-9-5-3-2-4-6-9/h2-6,8H,7H2,1H3,(H,12,15)(H,13,14). The largest absolute Gasteiger partial charge is 0.481 e. The van der Waals surface area contributed by atoms with Crippen molar-refractivity contribution >= 4 is 12.1 Å². The fourth-order valence-corrected chi connectivity index (χ4v) is 0.955. The summed E-state index contributed by atoms with van der Waals surface area (Å²) in [6.07, 6.45) is -0.653. The molecule has 1 aromatic carbocycles. The summed E-state index contributed by atoms with van der Waals surface area (Å²) in [6.45, 7) is 1.55. The van der Waals surface area contributed by atoms with Crippen LogP contribution >= 0.6 is 0 Å². The van der Waals surface area contributed by atoms with Gasteiger partial charge < -0.3 is 15.2 Å². The Morgan fingerprint density at radius 2 is 2.00 bits per heavy atom. The summed E-state index contributed by atoms with van der Waals surface area (Å²) in [5.41, 5.74) is 0. The van der Waals surface area contributed by atoms with E-state index in [1.807, 2.05) is 0 Å². The lowest BCUT2D eigenvalue weighted by Crippen LogP contribution is -2.33. The molecule has 86 valence electrons. The normalized spacial score (nSPS) is 11.6. The van der Waals surface area contributed by atoms with E-state index in [1.165, 1.54) is 6.92 Å². The highest BCUT2D eigenvalue weighted by atomic mass is 16.6. The number of benzene rings is 1. The summed E-state index contributed by atoms with van der Waals surface area (Å²) in [7, 11) is 0. The van der Waals surface area contributed by atoms with Gasteiger partial charge in [0, 0.05) is 6.54 Å². The predicted molar refractivity (Wildman–Crippen MR) is 57.3 cm³/mol. The highest BCUT2D eigenvalue weighted by molar-refractivity contribution is 5.73. The first-order valence-electron chi connectivity index (χ1n) is 4.83. The van der Waals surface area contributed by atoms with Crippen LogP contribution in [-0.4, -0.2) is 23.7 Å². The van der Waals surface area contributed by atoms with Crippen molar-refractivity contribution in [2.75, 3.05) is 6.54 Å². The van der Waals surface area contributed by atoms with Crippen LogP contribution in [0.25, 0.3) is 0 Å². The molecule has 0 saturated heterocycles. The Hall–Kier alpha value is -2.04. The molecule has 2 N–H and O–H groups in total. The molecule has 0 fully saturated rings. The van der Waals surface area contributed by atoms with E-state index in [9.17, 15) is 9.59 Å². The van der Waals surface area contributed by atoms with Crippen LogP contribution in [0.3, 0.4) is 0 Å².